The predicted octanol–water partition coefficient (Wildman–Crippen LogP) is 3.39. The molecule has 0 spiro atoms. The molecule has 0 radical (unpaired) electrons. The highest BCUT2D eigenvalue weighted by Crippen LogP contribution is 2.10. The number of nitrogens with one attached hydrogen (secondary N) is 2. The topological polar surface area (TPSA) is 54.2 Å². The summed E-state index contributed by atoms with van der Waals surface area (Å²) >= 11 is 6.00. The Hall–Kier alpha value is -2.79. The van der Waals surface area contributed by atoms with Crippen LogP contribution < -0.4 is 10.6 Å². The fraction of sp³-hybridized carbons (Fsp3) is 0.158. The van der Waals surface area contributed by atoms with Crippen molar-refractivity contribution in [3.05, 3.63) is 83.1 Å². The van der Waals surface area contributed by atoms with Crippen LogP contribution in [0.2, 0.25) is 5.02 Å². The lowest BCUT2D eigenvalue weighted by Gasteiger charge is -2.11. The number of aliphatic imine (C=N–C) groups is 1. The van der Waals surface area contributed by atoms with E-state index in [1.165, 1.54) is 0 Å². The molecule has 0 unspecified atom stereocenters. The highest BCUT2D eigenvalue weighted by molar-refractivity contribution is 6.30. The highest BCUT2D eigenvalue weighted by atomic mass is 35.5. The summed E-state index contributed by atoms with van der Waals surface area (Å²) in [5.41, 5.74) is 3.08. The minimum atomic E-state index is 0.592. The molecular formula is C19H20ClN5. The van der Waals surface area contributed by atoms with Gasteiger partial charge in [-0.2, -0.15) is 5.10 Å². The second-order valence-electron chi connectivity index (χ2n) is 5.50. The summed E-state index contributed by atoms with van der Waals surface area (Å²) in [4.78, 5) is 4.23. The number of nitrogens with zero attached hydrogens (tertiary/aromatic N) is 3. The molecule has 2 aromatic carbocycles. The molecule has 25 heavy (non-hydrogen) atoms. The molecule has 3 rings (SSSR count). The number of rotatable bonds is 5. The van der Waals surface area contributed by atoms with Crippen molar-refractivity contribution in [2.75, 3.05) is 7.05 Å². The smallest absolute Gasteiger partial charge is 0.191 e. The fourth-order valence-corrected chi connectivity index (χ4v) is 2.62. The Kier molecular flexibility index (Phi) is 5.69. The van der Waals surface area contributed by atoms with Crippen molar-refractivity contribution < 1.29 is 0 Å². The number of guanidine groups is 1. The number of para-hydroxylation sites is 1. The van der Waals surface area contributed by atoms with Crippen molar-refractivity contribution in [2.24, 2.45) is 4.99 Å². The summed E-state index contributed by atoms with van der Waals surface area (Å²) in [5.74, 6) is 0.717. The van der Waals surface area contributed by atoms with Crippen molar-refractivity contribution in [3.8, 4) is 5.69 Å². The predicted molar refractivity (Wildman–Crippen MR) is 102 cm³/mol. The lowest BCUT2D eigenvalue weighted by Crippen LogP contribution is -2.36. The average molecular weight is 354 g/mol. The number of hydrogen-bond acceptors (Lipinski definition) is 2. The monoisotopic (exact) mass is 353 g/mol. The summed E-state index contributed by atoms with van der Waals surface area (Å²) in [6, 6.07) is 19.8. The molecule has 0 saturated heterocycles. The van der Waals surface area contributed by atoms with Crippen LogP contribution in [0.5, 0.6) is 0 Å². The standard InChI is InChI=1S/C19H20ClN5/c1-21-19(22-13-15-6-5-7-16(20)12-15)23-14-17-10-11-25(24-17)18-8-3-2-4-9-18/h2-12H,13-14H2,1H3,(H2,21,22,23). The van der Waals surface area contributed by atoms with Gasteiger partial charge in [0.15, 0.2) is 5.96 Å². The van der Waals surface area contributed by atoms with E-state index in [1.54, 1.807) is 7.05 Å². The van der Waals surface area contributed by atoms with Gasteiger partial charge in [-0.05, 0) is 35.9 Å². The number of halogens is 1. The third kappa shape index (κ3) is 4.84. The van der Waals surface area contributed by atoms with Gasteiger partial charge in [0.05, 0.1) is 17.9 Å². The van der Waals surface area contributed by atoms with E-state index in [-0.39, 0.29) is 0 Å². The second kappa shape index (κ2) is 8.35. The quantitative estimate of drug-likeness (QED) is 0.546. The molecule has 0 bridgehead atoms. The summed E-state index contributed by atoms with van der Waals surface area (Å²) < 4.78 is 1.86. The van der Waals surface area contributed by atoms with Crippen LogP contribution >= 0.6 is 11.6 Å². The fourth-order valence-electron chi connectivity index (χ4n) is 2.41. The van der Waals surface area contributed by atoms with E-state index in [9.17, 15) is 0 Å². The molecule has 6 heteroatoms. The average Bonchev–Trinajstić information content (AvgIpc) is 3.12. The van der Waals surface area contributed by atoms with E-state index < -0.39 is 0 Å². The largest absolute Gasteiger partial charge is 0.352 e. The van der Waals surface area contributed by atoms with Gasteiger partial charge in [-0.3, -0.25) is 4.99 Å². The maximum atomic E-state index is 6.00. The zero-order valence-corrected chi connectivity index (χ0v) is 14.7. The van der Waals surface area contributed by atoms with E-state index in [4.69, 9.17) is 11.6 Å². The second-order valence-corrected chi connectivity index (χ2v) is 5.93. The summed E-state index contributed by atoms with van der Waals surface area (Å²) in [6.07, 6.45) is 1.95. The van der Waals surface area contributed by atoms with Crippen LogP contribution in [-0.4, -0.2) is 22.8 Å². The molecule has 1 aromatic heterocycles. The lowest BCUT2D eigenvalue weighted by atomic mass is 10.2. The van der Waals surface area contributed by atoms with Crippen LogP contribution in [0.1, 0.15) is 11.3 Å². The molecule has 0 amide bonds. The molecule has 0 atom stereocenters. The molecule has 128 valence electrons. The van der Waals surface area contributed by atoms with Crippen molar-refractivity contribution in [1.29, 1.82) is 0 Å². The summed E-state index contributed by atoms with van der Waals surface area (Å²) in [7, 11) is 1.75. The maximum absolute atomic E-state index is 6.00. The van der Waals surface area contributed by atoms with E-state index in [0.29, 0.717) is 19.0 Å². The van der Waals surface area contributed by atoms with Crippen LogP contribution in [0.4, 0.5) is 0 Å². The molecular weight excluding hydrogens is 334 g/mol. The van der Waals surface area contributed by atoms with E-state index in [2.05, 4.69) is 20.7 Å². The van der Waals surface area contributed by atoms with Gasteiger partial charge in [0.1, 0.15) is 0 Å². The van der Waals surface area contributed by atoms with Gasteiger partial charge in [-0.1, -0.05) is 41.9 Å². The van der Waals surface area contributed by atoms with Crippen molar-refractivity contribution >= 4 is 17.6 Å². The SMILES string of the molecule is CN=C(NCc1cccc(Cl)c1)NCc1ccn(-c2ccccc2)n1. The van der Waals surface area contributed by atoms with E-state index in [1.807, 2.05) is 71.5 Å². The van der Waals surface area contributed by atoms with E-state index in [0.717, 1.165) is 22.0 Å². The minimum Gasteiger partial charge on any atom is -0.352 e. The van der Waals surface area contributed by atoms with Crippen LogP contribution in [0.3, 0.4) is 0 Å². The number of aromatic nitrogens is 2. The first kappa shape index (κ1) is 17.0. The van der Waals surface area contributed by atoms with Crippen LogP contribution in [0, 0.1) is 0 Å². The van der Waals surface area contributed by atoms with Crippen LogP contribution in [0.25, 0.3) is 5.69 Å². The van der Waals surface area contributed by atoms with Gasteiger partial charge >= 0.3 is 0 Å². The molecule has 0 fully saturated rings. The molecule has 2 N–H and O–H groups in total. The summed E-state index contributed by atoms with van der Waals surface area (Å²) in [5, 5.41) is 11.8. The Morgan fingerprint density at radius 1 is 1.04 bits per heavy atom. The van der Waals surface area contributed by atoms with Crippen molar-refractivity contribution in [1.82, 2.24) is 20.4 Å². The molecule has 1 heterocycles. The Bertz CT molecular complexity index is 842. The molecule has 0 aliphatic heterocycles. The Balaban J connectivity index is 1.54. The third-order valence-corrected chi connectivity index (χ3v) is 3.91. The van der Waals surface area contributed by atoms with Gasteiger partial charge in [0.25, 0.3) is 0 Å². The first-order chi connectivity index (χ1) is 12.2. The first-order valence-electron chi connectivity index (χ1n) is 8.03. The Morgan fingerprint density at radius 2 is 1.84 bits per heavy atom. The maximum Gasteiger partial charge on any atom is 0.191 e. The molecule has 3 aromatic rings. The zero-order chi connectivity index (χ0) is 17.5. The Morgan fingerprint density at radius 3 is 2.60 bits per heavy atom. The lowest BCUT2D eigenvalue weighted by molar-refractivity contribution is 0.768. The summed E-state index contributed by atoms with van der Waals surface area (Å²) in [6.45, 7) is 1.24. The van der Waals surface area contributed by atoms with Gasteiger partial charge in [0.2, 0.25) is 0 Å². The highest BCUT2D eigenvalue weighted by Gasteiger charge is 2.03. The van der Waals surface area contributed by atoms with E-state index >= 15 is 0 Å². The van der Waals surface area contributed by atoms with Crippen LogP contribution in [0.15, 0.2) is 71.9 Å². The Labute approximate surface area is 152 Å². The van der Waals surface area contributed by atoms with Crippen molar-refractivity contribution in [3.63, 3.8) is 0 Å². The number of hydrogen-bond donors (Lipinski definition) is 2. The van der Waals surface area contributed by atoms with Crippen molar-refractivity contribution in [2.45, 2.75) is 13.1 Å². The molecule has 5 nitrogen and oxygen atoms in total. The number of benzene rings is 2. The van der Waals surface area contributed by atoms with Gasteiger partial charge < -0.3 is 10.6 Å². The molecule has 0 saturated carbocycles. The van der Waals surface area contributed by atoms with Gasteiger partial charge in [-0.25, -0.2) is 4.68 Å². The minimum absolute atomic E-state index is 0.592. The zero-order valence-electron chi connectivity index (χ0n) is 14.0. The van der Waals surface area contributed by atoms with Gasteiger partial charge in [-0.15, -0.1) is 0 Å². The van der Waals surface area contributed by atoms with Gasteiger partial charge in [0, 0.05) is 24.8 Å². The van der Waals surface area contributed by atoms with Crippen LogP contribution in [-0.2, 0) is 13.1 Å². The molecule has 0 aliphatic carbocycles. The molecule has 0 aliphatic rings. The first-order valence-corrected chi connectivity index (χ1v) is 8.41. The normalized spacial score (nSPS) is 11.4. The third-order valence-electron chi connectivity index (χ3n) is 3.67.